The second kappa shape index (κ2) is 6.50. The summed E-state index contributed by atoms with van der Waals surface area (Å²) in [5.41, 5.74) is -2.47. The molecule has 3 aliphatic heterocycles. The van der Waals surface area contributed by atoms with Crippen molar-refractivity contribution < 1.29 is 17.9 Å². The highest BCUT2D eigenvalue weighted by molar-refractivity contribution is 8.02. The van der Waals surface area contributed by atoms with Crippen LogP contribution in [0.1, 0.15) is 24.5 Å². The first kappa shape index (κ1) is 16.7. The molecule has 1 unspecified atom stereocenters. The maximum absolute atomic E-state index is 12.7. The zero-order valence-electron chi connectivity index (χ0n) is 12.9. The van der Waals surface area contributed by atoms with Crippen LogP contribution in [0.5, 0.6) is 0 Å². The minimum absolute atomic E-state index is 0.0588. The van der Waals surface area contributed by atoms with Crippen molar-refractivity contribution in [3.05, 3.63) is 35.2 Å². The Morgan fingerprint density at radius 3 is 2.92 bits per heavy atom. The second-order valence-electron chi connectivity index (χ2n) is 6.39. The van der Waals surface area contributed by atoms with E-state index in [4.69, 9.17) is 4.74 Å². The zero-order chi connectivity index (χ0) is 16.7. The summed E-state index contributed by atoms with van der Waals surface area (Å²) in [7, 11) is 0. The minimum Gasteiger partial charge on any atom is -0.381 e. The second-order valence-corrected chi connectivity index (χ2v) is 8.47. The van der Waals surface area contributed by atoms with Crippen molar-refractivity contribution in [1.29, 1.82) is 0 Å². The first-order chi connectivity index (χ1) is 11.5. The van der Waals surface area contributed by atoms with Crippen molar-refractivity contribution in [1.82, 2.24) is 0 Å². The predicted octanol–water partition coefficient (Wildman–Crippen LogP) is 5.44. The molecule has 2 nitrogen and oxygen atoms in total. The maximum Gasteiger partial charge on any atom is 0.446 e. The van der Waals surface area contributed by atoms with Crippen LogP contribution in [0, 0.1) is 11.8 Å². The van der Waals surface area contributed by atoms with Crippen molar-refractivity contribution in [2.24, 2.45) is 11.8 Å². The number of hydrogen-bond donors (Lipinski definition) is 1. The molecule has 0 saturated carbocycles. The quantitative estimate of drug-likeness (QED) is 0.697. The fourth-order valence-corrected chi connectivity index (χ4v) is 5.46. The molecular weight excluding hydrogens is 355 g/mol. The van der Waals surface area contributed by atoms with Gasteiger partial charge in [0.2, 0.25) is 0 Å². The minimum atomic E-state index is -4.27. The van der Waals surface area contributed by atoms with Crippen molar-refractivity contribution in [2.45, 2.75) is 35.4 Å². The molecule has 4 atom stereocenters. The summed E-state index contributed by atoms with van der Waals surface area (Å²) >= 11 is 1.76. The van der Waals surface area contributed by atoms with Crippen molar-refractivity contribution in [3.63, 3.8) is 0 Å². The summed E-state index contributed by atoms with van der Waals surface area (Å²) in [6.45, 7) is 0.680. The van der Waals surface area contributed by atoms with E-state index in [-0.39, 0.29) is 28.8 Å². The number of halogens is 3. The Balaban J connectivity index is 1.66. The summed E-state index contributed by atoms with van der Waals surface area (Å²) in [4.78, 5) is 0.228. The molecule has 1 fully saturated rings. The predicted molar refractivity (Wildman–Crippen MR) is 92.3 cm³/mol. The standard InChI is InChI=1S/C17H18F3NOS2/c18-17(19,20)24-11-3-4-14-13(8-11)16-12(2-1-6-22-16)15(21-14)10-5-7-23-9-10/h3-5,7-8,10,12,15-16,21H,1-2,6,9H2/t10?,12-,15-,16-/m0/s1. The lowest BCUT2D eigenvalue weighted by Crippen LogP contribution is -2.45. The van der Waals surface area contributed by atoms with E-state index in [9.17, 15) is 13.2 Å². The molecule has 0 radical (unpaired) electrons. The summed E-state index contributed by atoms with van der Waals surface area (Å²) in [6, 6.07) is 5.26. The summed E-state index contributed by atoms with van der Waals surface area (Å²) in [6.07, 6.45) is 4.20. The van der Waals surface area contributed by atoms with Gasteiger partial charge in [-0.1, -0.05) is 6.08 Å². The number of hydrogen-bond acceptors (Lipinski definition) is 4. The molecule has 0 aromatic heterocycles. The van der Waals surface area contributed by atoms with Crippen LogP contribution < -0.4 is 5.32 Å². The molecule has 3 heterocycles. The molecule has 0 aliphatic carbocycles. The van der Waals surface area contributed by atoms with Gasteiger partial charge in [-0.15, -0.1) is 11.8 Å². The van der Waals surface area contributed by atoms with E-state index in [0.717, 1.165) is 29.8 Å². The third-order valence-electron chi connectivity index (χ3n) is 4.89. The fraction of sp³-hybridized carbons (Fsp3) is 0.529. The molecule has 0 amide bonds. The molecule has 3 aliphatic rings. The Labute approximate surface area is 147 Å². The van der Waals surface area contributed by atoms with Crippen LogP contribution in [0.3, 0.4) is 0 Å². The van der Waals surface area contributed by atoms with Gasteiger partial charge in [0.25, 0.3) is 0 Å². The van der Waals surface area contributed by atoms with Crippen LogP contribution in [0.15, 0.2) is 34.6 Å². The van der Waals surface area contributed by atoms with Crippen LogP contribution in [0.2, 0.25) is 0 Å². The molecule has 1 N–H and O–H groups in total. The number of nitrogens with one attached hydrogen (secondary N) is 1. The van der Waals surface area contributed by atoms with Crippen molar-refractivity contribution >= 4 is 29.2 Å². The van der Waals surface area contributed by atoms with Crippen molar-refractivity contribution in [2.75, 3.05) is 17.7 Å². The molecule has 0 bridgehead atoms. The first-order valence-electron chi connectivity index (χ1n) is 8.07. The number of alkyl halides is 3. The number of anilines is 1. The van der Waals surface area contributed by atoms with Gasteiger partial charge in [-0.05, 0) is 48.2 Å². The lowest BCUT2D eigenvalue weighted by Gasteiger charge is -2.45. The average Bonchev–Trinajstić information content (AvgIpc) is 3.07. The van der Waals surface area contributed by atoms with Crippen LogP contribution in [0.4, 0.5) is 18.9 Å². The lowest BCUT2D eigenvalue weighted by atomic mass is 9.76. The van der Waals surface area contributed by atoms with Crippen LogP contribution in [-0.2, 0) is 4.74 Å². The Morgan fingerprint density at radius 2 is 2.17 bits per heavy atom. The Hall–Kier alpha value is -0.790. The highest BCUT2D eigenvalue weighted by atomic mass is 32.2. The lowest BCUT2D eigenvalue weighted by molar-refractivity contribution is -0.0412. The van der Waals surface area contributed by atoms with Crippen LogP contribution in [-0.4, -0.2) is 23.9 Å². The number of benzene rings is 1. The van der Waals surface area contributed by atoms with E-state index >= 15 is 0 Å². The summed E-state index contributed by atoms with van der Waals surface area (Å²) < 4.78 is 44.1. The average molecular weight is 373 g/mol. The Morgan fingerprint density at radius 1 is 1.29 bits per heavy atom. The van der Waals surface area contributed by atoms with E-state index in [0.29, 0.717) is 18.4 Å². The van der Waals surface area contributed by atoms with Crippen molar-refractivity contribution in [3.8, 4) is 0 Å². The van der Waals surface area contributed by atoms with E-state index < -0.39 is 5.51 Å². The van der Waals surface area contributed by atoms with Gasteiger partial charge >= 0.3 is 5.51 Å². The maximum atomic E-state index is 12.7. The Kier molecular flexibility index (Phi) is 4.51. The summed E-state index contributed by atoms with van der Waals surface area (Å²) in [5.74, 6) is 1.81. The van der Waals surface area contributed by atoms with Gasteiger partial charge < -0.3 is 10.1 Å². The zero-order valence-corrected chi connectivity index (χ0v) is 14.5. The molecule has 130 valence electrons. The highest BCUT2D eigenvalue weighted by Gasteiger charge is 2.42. The topological polar surface area (TPSA) is 21.3 Å². The van der Waals surface area contributed by atoms with Gasteiger partial charge in [0, 0.05) is 46.4 Å². The van der Waals surface area contributed by atoms with Gasteiger partial charge in [-0.3, -0.25) is 0 Å². The Bertz CT molecular complexity index is 649. The third-order valence-corrected chi connectivity index (χ3v) is 6.53. The van der Waals surface area contributed by atoms with E-state index in [1.807, 2.05) is 11.8 Å². The van der Waals surface area contributed by atoms with E-state index in [2.05, 4.69) is 16.8 Å². The first-order valence-corrected chi connectivity index (χ1v) is 9.94. The number of ether oxygens (including phenoxy) is 1. The van der Waals surface area contributed by atoms with Gasteiger partial charge in [-0.2, -0.15) is 13.2 Å². The molecule has 0 spiro atoms. The van der Waals surface area contributed by atoms with E-state index in [1.54, 1.807) is 18.2 Å². The fourth-order valence-electron chi connectivity index (χ4n) is 3.91. The molecule has 24 heavy (non-hydrogen) atoms. The third kappa shape index (κ3) is 3.30. The number of fused-ring (bicyclic) bond motifs is 3. The largest absolute Gasteiger partial charge is 0.446 e. The smallest absolute Gasteiger partial charge is 0.381 e. The molecular formula is C17H18F3NOS2. The molecule has 1 aromatic carbocycles. The number of rotatable bonds is 2. The van der Waals surface area contributed by atoms with Gasteiger partial charge in [-0.25, -0.2) is 0 Å². The van der Waals surface area contributed by atoms with E-state index in [1.165, 1.54) is 0 Å². The molecule has 1 aromatic rings. The van der Waals surface area contributed by atoms with Gasteiger partial charge in [0.05, 0.1) is 6.10 Å². The summed E-state index contributed by atoms with van der Waals surface area (Å²) in [5, 5.41) is 5.74. The van der Waals surface area contributed by atoms with Crippen LogP contribution in [0.25, 0.3) is 0 Å². The van der Waals surface area contributed by atoms with Crippen LogP contribution >= 0.6 is 23.5 Å². The normalized spacial score (nSPS) is 32.1. The van der Waals surface area contributed by atoms with Gasteiger partial charge in [0.15, 0.2) is 0 Å². The molecule has 1 saturated heterocycles. The molecule has 7 heteroatoms. The monoisotopic (exact) mass is 373 g/mol. The van der Waals surface area contributed by atoms with Gasteiger partial charge in [0.1, 0.15) is 0 Å². The SMILES string of the molecule is FC(F)(F)Sc1ccc2c(c1)[C@H]1OCCC[C@H]1[C@H](C1C=CSC1)N2. The highest BCUT2D eigenvalue weighted by Crippen LogP contribution is 2.48. The molecule has 4 rings (SSSR count). The number of thioether (sulfide) groups is 2.